The van der Waals surface area contributed by atoms with Crippen LogP contribution >= 0.6 is 23.2 Å². The lowest BCUT2D eigenvalue weighted by atomic mass is 9.96. The summed E-state index contributed by atoms with van der Waals surface area (Å²) in [6.45, 7) is 0.291. The Hall–Kier alpha value is -2.01. The molecule has 1 amide bonds. The van der Waals surface area contributed by atoms with Crippen molar-refractivity contribution >= 4 is 40.0 Å². The first-order valence-corrected chi connectivity index (χ1v) is 8.79. The first-order valence-electron chi connectivity index (χ1n) is 8.04. The molecule has 0 aliphatic carbocycles. The number of aliphatic hydroxyl groups is 1. The number of amides is 1. The van der Waals surface area contributed by atoms with Gasteiger partial charge in [-0.3, -0.25) is 4.79 Å². The third kappa shape index (κ3) is 2.80. The van der Waals surface area contributed by atoms with Gasteiger partial charge in [0.15, 0.2) is 0 Å². The number of para-hydroxylation sites is 1. The van der Waals surface area contributed by atoms with Crippen LogP contribution in [0.3, 0.4) is 0 Å². The number of nitrogens with one attached hydrogen (secondary N) is 1. The van der Waals surface area contributed by atoms with Crippen LogP contribution in [-0.4, -0.2) is 33.5 Å². The number of rotatable bonds is 2. The lowest BCUT2D eigenvalue weighted by molar-refractivity contribution is 0.0542. The quantitative estimate of drug-likeness (QED) is 0.711. The van der Waals surface area contributed by atoms with Crippen molar-refractivity contribution in [2.75, 3.05) is 6.61 Å². The van der Waals surface area contributed by atoms with Crippen molar-refractivity contribution in [1.29, 1.82) is 0 Å². The van der Waals surface area contributed by atoms with E-state index in [0.717, 1.165) is 22.2 Å². The fourth-order valence-corrected chi connectivity index (χ4v) is 3.86. The van der Waals surface area contributed by atoms with E-state index in [4.69, 9.17) is 23.2 Å². The molecule has 0 spiro atoms. The predicted molar refractivity (Wildman–Crippen MR) is 99.2 cm³/mol. The van der Waals surface area contributed by atoms with Crippen molar-refractivity contribution in [3.05, 3.63) is 69.3 Å². The Morgan fingerprint density at radius 2 is 2.04 bits per heavy atom. The molecule has 0 saturated carbocycles. The molecule has 2 heterocycles. The first kappa shape index (κ1) is 16.5. The highest BCUT2D eigenvalue weighted by Crippen LogP contribution is 2.32. The molecule has 1 unspecified atom stereocenters. The zero-order chi connectivity index (χ0) is 17.6. The van der Waals surface area contributed by atoms with Gasteiger partial charge < -0.3 is 15.0 Å². The summed E-state index contributed by atoms with van der Waals surface area (Å²) in [5.74, 6) is -0.226. The number of hydrogen-bond donors (Lipinski definition) is 2. The number of aromatic amines is 1. The molecule has 1 atom stereocenters. The normalized spacial score (nSPS) is 16.9. The third-order valence-corrected chi connectivity index (χ3v) is 5.31. The van der Waals surface area contributed by atoms with Crippen LogP contribution in [0, 0.1) is 0 Å². The highest BCUT2D eigenvalue weighted by molar-refractivity contribution is 6.35. The maximum absolute atomic E-state index is 13.0. The number of hydrogen-bond acceptors (Lipinski definition) is 2. The van der Waals surface area contributed by atoms with Gasteiger partial charge in [-0.2, -0.15) is 0 Å². The van der Waals surface area contributed by atoms with E-state index < -0.39 is 0 Å². The van der Waals surface area contributed by atoms with Crippen molar-refractivity contribution in [3.8, 4) is 0 Å². The summed E-state index contributed by atoms with van der Waals surface area (Å²) in [5.41, 5.74) is 3.56. The van der Waals surface area contributed by atoms with E-state index in [-0.39, 0.29) is 18.6 Å². The second kappa shape index (κ2) is 6.37. The molecule has 0 fully saturated rings. The van der Waals surface area contributed by atoms with Crippen LogP contribution in [0.4, 0.5) is 0 Å². The zero-order valence-electron chi connectivity index (χ0n) is 13.3. The van der Waals surface area contributed by atoms with Crippen LogP contribution in [0.1, 0.15) is 21.6 Å². The van der Waals surface area contributed by atoms with Crippen molar-refractivity contribution < 1.29 is 9.90 Å². The van der Waals surface area contributed by atoms with Crippen LogP contribution in [0.25, 0.3) is 10.9 Å². The van der Waals surface area contributed by atoms with E-state index in [9.17, 15) is 9.90 Å². The molecule has 1 aromatic heterocycles. The summed E-state index contributed by atoms with van der Waals surface area (Å²) in [6, 6.07) is 12.6. The van der Waals surface area contributed by atoms with Crippen molar-refractivity contribution in [1.82, 2.24) is 9.88 Å². The standard InChI is InChI=1S/C19H16Cl2N2O2/c20-11-5-6-16(21)15(7-11)19(25)23-9-18-14(8-12(23)10-24)13-3-1-2-4-17(13)22-18/h1-7,12,22,24H,8-10H2. The first-order chi connectivity index (χ1) is 12.1. The number of aromatic nitrogens is 1. The number of aliphatic hydroxyl groups excluding tert-OH is 1. The lowest BCUT2D eigenvalue weighted by Crippen LogP contribution is -2.46. The molecular weight excluding hydrogens is 359 g/mol. The average molecular weight is 375 g/mol. The van der Waals surface area contributed by atoms with E-state index >= 15 is 0 Å². The van der Waals surface area contributed by atoms with Gasteiger partial charge in [0.1, 0.15) is 0 Å². The molecule has 4 rings (SSSR count). The van der Waals surface area contributed by atoms with E-state index in [1.807, 2.05) is 18.2 Å². The van der Waals surface area contributed by atoms with Crippen LogP contribution < -0.4 is 0 Å². The Kier molecular flexibility index (Phi) is 4.20. The van der Waals surface area contributed by atoms with Gasteiger partial charge in [-0.05, 0) is 36.2 Å². The fourth-order valence-electron chi connectivity index (χ4n) is 3.49. The Bertz CT molecular complexity index is 967. The second-order valence-corrected chi connectivity index (χ2v) is 7.07. The molecule has 25 heavy (non-hydrogen) atoms. The summed E-state index contributed by atoms with van der Waals surface area (Å²) in [6.07, 6.45) is 0.597. The fraction of sp³-hybridized carbons (Fsp3) is 0.211. The Morgan fingerprint density at radius 3 is 2.84 bits per heavy atom. The molecular formula is C19H16Cl2N2O2. The number of fused-ring (bicyclic) bond motifs is 3. The minimum Gasteiger partial charge on any atom is -0.394 e. The lowest BCUT2D eigenvalue weighted by Gasteiger charge is -2.35. The van der Waals surface area contributed by atoms with Crippen LogP contribution in [0.2, 0.25) is 10.0 Å². The van der Waals surface area contributed by atoms with E-state index in [0.29, 0.717) is 28.6 Å². The monoisotopic (exact) mass is 374 g/mol. The van der Waals surface area contributed by atoms with E-state index in [2.05, 4.69) is 11.1 Å². The molecule has 0 saturated heterocycles. The Morgan fingerprint density at radius 1 is 1.24 bits per heavy atom. The maximum atomic E-state index is 13.0. The Labute approximate surface area is 155 Å². The van der Waals surface area contributed by atoms with Gasteiger partial charge in [0.25, 0.3) is 5.91 Å². The van der Waals surface area contributed by atoms with Gasteiger partial charge in [-0.25, -0.2) is 0 Å². The van der Waals surface area contributed by atoms with E-state index in [1.165, 1.54) is 0 Å². The SMILES string of the molecule is O=C(c1cc(Cl)ccc1Cl)N1Cc2[nH]c3ccccc3c2CC1CO. The van der Waals surface area contributed by atoms with Crippen molar-refractivity contribution in [2.24, 2.45) is 0 Å². The number of halogens is 2. The minimum atomic E-state index is -0.297. The number of carbonyl (C=O) groups is 1. The summed E-state index contributed by atoms with van der Waals surface area (Å²) in [5, 5.41) is 11.8. The van der Waals surface area contributed by atoms with Gasteiger partial charge in [0.05, 0.1) is 29.8 Å². The molecule has 1 aliphatic rings. The number of carbonyl (C=O) groups excluding carboxylic acids is 1. The largest absolute Gasteiger partial charge is 0.394 e. The third-order valence-electron chi connectivity index (χ3n) is 4.74. The zero-order valence-corrected chi connectivity index (χ0v) is 14.8. The van der Waals surface area contributed by atoms with Gasteiger partial charge in [0, 0.05) is 21.6 Å². The minimum absolute atomic E-state index is 0.108. The second-order valence-electron chi connectivity index (χ2n) is 6.23. The van der Waals surface area contributed by atoms with Crippen LogP contribution in [0.5, 0.6) is 0 Å². The molecule has 6 heteroatoms. The average Bonchev–Trinajstić information content (AvgIpc) is 2.99. The molecule has 3 aromatic rings. The van der Waals surface area contributed by atoms with Gasteiger partial charge in [-0.15, -0.1) is 0 Å². The van der Waals surface area contributed by atoms with Gasteiger partial charge >= 0.3 is 0 Å². The number of H-pyrrole nitrogens is 1. The predicted octanol–water partition coefficient (Wildman–Crippen LogP) is 4.03. The summed E-state index contributed by atoms with van der Waals surface area (Å²) >= 11 is 12.2. The topological polar surface area (TPSA) is 56.3 Å². The van der Waals surface area contributed by atoms with Crippen LogP contribution in [0.15, 0.2) is 42.5 Å². The van der Waals surface area contributed by atoms with Gasteiger partial charge in [0.2, 0.25) is 0 Å². The highest BCUT2D eigenvalue weighted by Gasteiger charge is 2.32. The summed E-state index contributed by atoms with van der Waals surface area (Å²) in [4.78, 5) is 18.1. The summed E-state index contributed by atoms with van der Waals surface area (Å²) < 4.78 is 0. The number of benzene rings is 2. The maximum Gasteiger partial charge on any atom is 0.256 e. The molecule has 2 N–H and O–H groups in total. The molecule has 2 aromatic carbocycles. The molecule has 0 bridgehead atoms. The Balaban J connectivity index is 1.75. The number of nitrogens with zero attached hydrogens (tertiary/aromatic N) is 1. The molecule has 128 valence electrons. The van der Waals surface area contributed by atoms with Crippen molar-refractivity contribution in [3.63, 3.8) is 0 Å². The smallest absolute Gasteiger partial charge is 0.256 e. The molecule has 0 radical (unpaired) electrons. The highest BCUT2D eigenvalue weighted by atomic mass is 35.5. The molecule has 1 aliphatic heterocycles. The van der Waals surface area contributed by atoms with Crippen molar-refractivity contribution in [2.45, 2.75) is 19.0 Å². The molecule has 4 nitrogen and oxygen atoms in total. The van der Waals surface area contributed by atoms with Crippen LogP contribution in [-0.2, 0) is 13.0 Å². The van der Waals surface area contributed by atoms with Gasteiger partial charge in [-0.1, -0.05) is 41.4 Å². The summed E-state index contributed by atoms with van der Waals surface area (Å²) in [7, 11) is 0. The van der Waals surface area contributed by atoms with E-state index in [1.54, 1.807) is 23.1 Å².